The van der Waals surface area contributed by atoms with Crippen LogP contribution in [0.4, 0.5) is 0 Å². The van der Waals surface area contributed by atoms with E-state index in [2.05, 4.69) is 5.32 Å². The Morgan fingerprint density at radius 1 is 1.25 bits per heavy atom. The van der Waals surface area contributed by atoms with Crippen molar-refractivity contribution in [1.29, 1.82) is 0 Å². The highest BCUT2D eigenvalue weighted by Gasteiger charge is 2.47. The minimum atomic E-state index is 0.393. The minimum Gasteiger partial charge on any atom is -0.508 e. The van der Waals surface area contributed by atoms with Crippen molar-refractivity contribution < 1.29 is 5.11 Å². The molecule has 3 nitrogen and oxygen atoms in total. The summed E-state index contributed by atoms with van der Waals surface area (Å²) in [4.78, 5) is 0. The maximum Gasteiger partial charge on any atom is 0.119 e. The molecule has 2 heterocycles. The number of benzene rings is 1. The molecule has 2 aliphatic rings. The molecule has 4 unspecified atom stereocenters. The largest absolute Gasteiger partial charge is 0.508 e. The highest BCUT2D eigenvalue weighted by Crippen LogP contribution is 2.46. The Balaban J connectivity index is 1.97. The van der Waals surface area contributed by atoms with E-state index in [9.17, 15) is 5.11 Å². The van der Waals surface area contributed by atoms with Crippen LogP contribution in [0.3, 0.4) is 0 Å². The van der Waals surface area contributed by atoms with Crippen molar-refractivity contribution in [2.75, 3.05) is 6.54 Å². The molecule has 2 bridgehead atoms. The first-order valence-electron chi connectivity index (χ1n) is 6.05. The zero-order chi connectivity index (χ0) is 11.1. The lowest BCUT2D eigenvalue weighted by atomic mass is 9.75. The number of phenolic OH excluding ortho intramolecular Hbond substituents is 1. The molecule has 4 atom stereocenters. The molecule has 0 aliphatic carbocycles. The number of nitrogens with one attached hydrogen (secondary N) is 1. The Bertz CT molecular complexity index is 393. The molecule has 1 aromatic carbocycles. The van der Waals surface area contributed by atoms with Crippen LogP contribution in [-0.2, 0) is 0 Å². The second-order valence-electron chi connectivity index (χ2n) is 4.94. The monoisotopic (exact) mass is 218 g/mol. The zero-order valence-corrected chi connectivity index (χ0v) is 9.26. The molecule has 3 rings (SSSR count). The average Bonchev–Trinajstić information content (AvgIpc) is 2.89. The highest BCUT2D eigenvalue weighted by molar-refractivity contribution is 5.38. The number of aromatic hydroxyl groups is 1. The lowest BCUT2D eigenvalue weighted by Crippen LogP contribution is -2.31. The van der Waals surface area contributed by atoms with Gasteiger partial charge in [-0.25, -0.2) is 0 Å². The number of para-hydroxylation sites is 1. The van der Waals surface area contributed by atoms with Gasteiger partial charge in [-0.3, -0.25) is 0 Å². The van der Waals surface area contributed by atoms with Gasteiger partial charge in [-0.05, 0) is 36.9 Å². The Morgan fingerprint density at radius 3 is 2.75 bits per heavy atom. The van der Waals surface area contributed by atoms with Crippen molar-refractivity contribution in [1.82, 2.24) is 5.32 Å². The molecule has 16 heavy (non-hydrogen) atoms. The summed E-state index contributed by atoms with van der Waals surface area (Å²) >= 11 is 0. The maximum atomic E-state index is 9.94. The lowest BCUT2D eigenvalue weighted by Gasteiger charge is -2.29. The minimum absolute atomic E-state index is 0.393. The number of hydrogen-bond acceptors (Lipinski definition) is 3. The van der Waals surface area contributed by atoms with E-state index in [0.717, 1.165) is 5.56 Å². The summed E-state index contributed by atoms with van der Waals surface area (Å²) in [6.45, 7) is 0.702. The normalized spacial score (nSPS) is 36.8. The third kappa shape index (κ3) is 1.35. The molecule has 1 aromatic rings. The van der Waals surface area contributed by atoms with E-state index in [-0.39, 0.29) is 0 Å². The number of nitrogens with two attached hydrogens (primary N) is 1. The molecule has 0 radical (unpaired) electrons. The van der Waals surface area contributed by atoms with E-state index in [1.807, 2.05) is 18.2 Å². The van der Waals surface area contributed by atoms with E-state index in [1.165, 1.54) is 12.8 Å². The Labute approximate surface area is 95.7 Å². The summed E-state index contributed by atoms with van der Waals surface area (Å²) in [5, 5.41) is 13.6. The number of rotatable bonds is 2. The molecule has 2 fully saturated rings. The van der Waals surface area contributed by atoms with Gasteiger partial charge in [0.25, 0.3) is 0 Å². The molecule has 2 saturated heterocycles. The summed E-state index contributed by atoms with van der Waals surface area (Å²) in [6, 6.07) is 8.73. The predicted molar refractivity (Wildman–Crippen MR) is 63.3 cm³/mol. The van der Waals surface area contributed by atoms with Crippen molar-refractivity contribution in [3.05, 3.63) is 29.8 Å². The molecule has 0 saturated carbocycles. The summed E-state index contributed by atoms with van der Waals surface area (Å²) in [5.41, 5.74) is 6.94. The molecule has 86 valence electrons. The van der Waals surface area contributed by atoms with E-state index >= 15 is 0 Å². The van der Waals surface area contributed by atoms with Gasteiger partial charge in [-0.2, -0.15) is 0 Å². The van der Waals surface area contributed by atoms with Gasteiger partial charge in [0.15, 0.2) is 0 Å². The number of phenols is 1. The lowest BCUT2D eigenvalue weighted by molar-refractivity contribution is 0.354. The van der Waals surface area contributed by atoms with Crippen LogP contribution in [0.15, 0.2) is 24.3 Å². The van der Waals surface area contributed by atoms with Crippen molar-refractivity contribution in [3.8, 4) is 5.75 Å². The zero-order valence-electron chi connectivity index (χ0n) is 9.26. The predicted octanol–water partition coefficient (Wildman–Crippen LogP) is 1.18. The van der Waals surface area contributed by atoms with E-state index in [0.29, 0.717) is 36.2 Å². The average molecular weight is 218 g/mol. The third-order valence-electron chi connectivity index (χ3n) is 4.20. The molecular weight excluding hydrogens is 200 g/mol. The molecule has 0 spiro atoms. The first kappa shape index (κ1) is 10.1. The molecule has 2 aliphatic heterocycles. The van der Waals surface area contributed by atoms with E-state index in [1.54, 1.807) is 6.07 Å². The van der Waals surface area contributed by atoms with Gasteiger partial charge in [0.2, 0.25) is 0 Å². The number of fused-ring (bicyclic) bond motifs is 2. The van der Waals surface area contributed by atoms with Crippen molar-refractivity contribution >= 4 is 0 Å². The number of hydrogen-bond donors (Lipinski definition) is 3. The first-order valence-corrected chi connectivity index (χ1v) is 6.05. The molecular formula is C13H18N2O. The highest BCUT2D eigenvalue weighted by atomic mass is 16.3. The second kappa shape index (κ2) is 3.75. The van der Waals surface area contributed by atoms with Crippen LogP contribution < -0.4 is 11.1 Å². The van der Waals surface area contributed by atoms with Gasteiger partial charge in [-0.15, -0.1) is 0 Å². The summed E-state index contributed by atoms with van der Waals surface area (Å²) in [5.74, 6) is 1.29. The molecule has 0 aromatic heterocycles. The smallest absolute Gasteiger partial charge is 0.119 e. The van der Waals surface area contributed by atoms with Crippen LogP contribution in [0.2, 0.25) is 0 Å². The van der Waals surface area contributed by atoms with Gasteiger partial charge in [0.1, 0.15) is 5.75 Å². The van der Waals surface area contributed by atoms with Crippen LogP contribution in [0.25, 0.3) is 0 Å². The standard InChI is InChI=1S/C13H18N2O/c14-7-9-10-5-6-11(15-10)13(9)8-3-1-2-4-12(8)16/h1-4,9-11,13,15-16H,5-7,14H2. The Morgan fingerprint density at radius 2 is 2.00 bits per heavy atom. The SMILES string of the molecule is NCC1C2CCC(N2)C1c1ccccc1O. The van der Waals surface area contributed by atoms with Crippen molar-refractivity contribution in [2.45, 2.75) is 30.8 Å². The van der Waals surface area contributed by atoms with Gasteiger partial charge >= 0.3 is 0 Å². The summed E-state index contributed by atoms with van der Waals surface area (Å²) < 4.78 is 0. The van der Waals surface area contributed by atoms with Gasteiger partial charge < -0.3 is 16.2 Å². The summed E-state index contributed by atoms with van der Waals surface area (Å²) in [7, 11) is 0. The fourth-order valence-electron chi connectivity index (χ4n) is 3.50. The fourth-order valence-corrected chi connectivity index (χ4v) is 3.50. The maximum absolute atomic E-state index is 9.94. The molecule has 4 N–H and O–H groups in total. The van der Waals surface area contributed by atoms with Gasteiger partial charge in [-0.1, -0.05) is 18.2 Å². The molecule has 0 amide bonds. The van der Waals surface area contributed by atoms with Crippen LogP contribution in [-0.4, -0.2) is 23.7 Å². The first-order chi connectivity index (χ1) is 7.81. The van der Waals surface area contributed by atoms with Crippen LogP contribution in [0.5, 0.6) is 5.75 Å². The Kier molecular flexibility index (Phi) is 2.37. The van der Waals surface area contributed by atoms with Gasteiger partial charge in [0, 0.05) is 18.0 Å². The second-order valence-corrected chi connectivity index (χ2v) is 4.94. The third-order valence-corrected chi connectivity index (χ3v) is 4.20. The van der Waals surface area contributed by atoms with E-state index in [4.69, 9.17) is 5.73 Å². The molecule has 3 heteroatoms. The van der Waals surface area contributed by atoms with Gasteiger partial charge in [0.05, 0.1) is 0 Å². The van der Waals surface area contributed by atoms with Crippen LogP contribution in [0, 0.1) is 5.92 Å². The topological polar surface area (TPSA) is 58.3 Å². The fraction of sp³-hybridized carbons (Fsp3) is 0.538. The van der Waals surface area contributed by atoms with Crippen molar-refractivity contribution in [3.63, 3.8) is 0 Å². The van der Waals surface area contributed by atoms with Crippen molar-refractivity contribution in [2.24, 2.45) is 11.7 Å². The Hall–Kier alpha value is -1.06. The quantitative estimate of drug-likeness (QED) is 0.698. The van der Waals surface area contributed by atoms with Crippen LogP contribution in [0.1, 0.15) is 24.3 Å². The summed E-state index contributed by atoms with van der Waals surface area (Å²) in [6.07, 6.45) is 2.44. The van der Waals surface area contributed by atoms with Crippen LogP contribution >= 0.6 is 0 Å². The van der Waals surface area contributed by atoms with E-state index < -0.39 is 0 Å².